The van der Waals surface area contributed by atoms with Crippen LogP contribution in [0.1, 0.15) is 46.8 Å². The van der Waals surface area contributed by atoms with Gasteiger partial charge in [-0.2, -0.15) is 0 Å². The van der Waals surface area contributed by atoms with Crippen LogP contribution < -0.4 is 0 Å². The number of nitrogens with zero attached hydrogens (tertiary/aromatic N) is 1. The first-order valence-corrected chi connectivity index (χ1v) is 12.7. The van der Waals surface area contributed by atoms with Crippen molar-refractivity contribution in [2.45, 2.75) is 44.9 Å². The number of carbonyl (C=O) groups is 2. The normalized spacial score (nSPS) is 23.9. The van der Waals surface area contributed by atoms with Crippen molar-refractivity contribution in [3.63, 3.8) is 0 Å². The molecule has 2 N–H and O–H groups in total. The van der Waals surface area contributed by atoms with Crippen molar-refractivity contribution in [3.8, 4) is 5.75 Å². The number of aromatic carboxylic acids is 1. The summed E-state index contributed by atoms with van der Waals surface area (Å²) in [6.45, 7) is 4.42. The van der Waals surface area contributed by atoms with Gasteiger partial charge in [-0.25, -0.2) is 18.0 Å². The first-order chi connectivity index (χ1) is 15.5. The number of hydrogen-bond acceptors (Lipinski definition) is 6. The highest BCUT2D eigenvalue weighted by atomic mass is 32.2. The van der Waals surface area contributed by atoms with Gasteiger partial charge < -0.3 is 14.9 Å². The molecule has 0 spiro atoms. The summed E-state index contributed by atoms with van der Waals surface area (Å²) in [6.07, 6.45) is -0.944. The molecule has 8 nitrogen and oxygen atoms in total. The van der Waals surface area contributed by atoms with Gasteiger partial charge >= 0.3 is 12.1 Å². The van der Waals surface area contributed by atoms with Gasteiger partial charge in [-0.15, -0.1) is 0 Å². The molecule has 0 saturated carbocycles. The minimum Gasteiger partial charge on any atom is -0.507 e. The molecular weight excluding hydrogens is 446 g/mol. The van der Waals surface area contributed by atoms with Crippen LogP contribution in [0.15, 0.2) is 42.5 Å². The molecule has 2 aliphatic rings. The predicted octanol–water partition coefficient (Wildman–Crippen LogP) is 3.19. The summed E-state index contributed by atoms with van der Waals surface area (Å²) in [5.41, 5.74) is 2.35. The second-order valence-electron chi connectivity index (χ2n) is 9.14. The van der Waals surface area contributed by atoms with E-state index in [1.165, 1.54) is 17.0 Å². The van der Waals surface area contributed by atoms with Crippen molar-refractivity contribution in [1.82, 2.24) is 4.90 Å². The van der Waals surface area contributed by atoms with E-state index < -0.39 is 40.0 Å². The molecule has 33 heavy (non-hydrogen) atoms. The van der Waals surface area contributed by atoms with E-state index >= 15 is 0 Å². The Morgan fingerprint density at radius 1 is 1.15 bits per heavy atom. The van der Waals surface area contributed by atoms with Gasteiger partial charge in [-0.3, -0.25) is 4.90 Å². The fourth-order valence-corrected chi connectivity index (χ4v) is 6.69. The molecule has 3 atom stereocenters. The third kappa shape index (κ3) is 4.83. The van der Waals surface area contributed by atoms with Gasteiger partial charge in [0, 0.05) is 12.5 Å². The molecule has 1 amide bonds. The van der Waals surface area contributed by atoms with Crippen LogP contribution in [0.3, 0.4) is 0 Å². The number of benzene rings is 2. The first kappa shape index (κ1) is 23.1. The number of carboxylic acids is 1. The Bertz CT molecular complexity index is 1190. The Morgan fingerprint density at radius 2 is 1.91 bits per heavy atom. The summed E-state index contributed by atoms with van der Waals surface area (Å²) in [5.74, 6) is -2.14. The molecule has 4 rings (SSSR count). The maximum Gasteiger partial charge on any atom is 0.410 e. The average molecular weight is 474 g/mol. The number of rotatable bonds is 6. The standard InChI is InChI=1S/C24H27NO7S/c1-14(2)17-5-3-4-16(9-17)11-25-20-13-33(30,31)12-18(22(20)32-24(25)29)8-15-6-7-21(26)19(10-15)23(27)28/h3-7,9-10,14,18,20,22,26H,8,11-13H2,1-2H3,(H,27,28)/t18-,20+,22+/m1/s1. The Balaban J connectivity index is 1.59. The summed E-state index contributed by atoms with van der Waals surface area (Å²) in [4.78, 5) is 25.6. The minimum absolute atomic E-state index is 0.151. The minimum atomic E-state index is -3.45. The van der Waals surface area contributed by atoms with Crippen molar-refractivity contribution in [1.29, 1.82) is 0 Å². The maximum atomic E-state index is 12.8. The van der Waals surface area contributed by atoms with E-state index in [0.29, 0.717) is 11.5 Å². The van der Waals surface area contributed by atoms with Crippen LogP contribution in [0.4, 0.5) is 4.79 Å². The van der Waals surface area contributed by atoms with Crippen LogP contribution in [0.5, 0.6) is 5.75 Å². The van der Waals surface area contributed by atoms with Crippen LogP contribution in [-0.4, -0.2) is 59.2 Å². The summed E-state index contributed by atoms with van der Waals surface area (Å²) in [5, 5.41) is 19.0. The third-order valence-electron chi connectivity index (χ3n) is 6.37. The number of hydrogen-bond donors (Lipinski definition) is 2. The van der Waals surface area contributed by atoms with Gasteiger partial charge in [0.1, 0.15) is 17.4 Å². The Kier molecular flexibility index (Phi) is 6.09. The third-order valence-corrected chi connectivity index (χ3v) is 8.15. The Hall–Kier alpha value is -3.07. The Morgan fingerprint density at radius 3 is 2.61 bits per heavy atom. The number of phenols is 1. The predicted molar refractivity (Wildman–Crippen MR) is 121 cm³/mol. The van der Waals surface area contributed by atoms with E-state index in [1.807, 2.05) is 24.3 Å². The highest BCUT2D eigenvalue weighted by molar-refractivity contribution is 7.91. The zero-order valence-electron chi connectivity index (χ0n) is 18.5. The van der Waals surface area contributed by atoms with Gasteiger partial charge in [0.2, 0.25) is 0 Å². The van der Waals surface area contributed by atoms with Crippen LogP contribution in [0, 0.1) is 5.92 Å². The Labute approximate surface area is 192 Å². The van der Waals surface area contributed by atoms with Crippen molar-refractivity contribution in [2.75, 3.05) is 11.5 Å². The SMILES string of the molecule is CC(C)c1cccc(CN2C(=O)O[C@H]3[C@H](Cc4ccc(O)c(C(=O)O)c4)CS(=O)(=O)C[C@@H]32)c1. The quantitative estimate of drug-likeness (QED) is 0.661. The first-order valence-electron chi connectivity index (χ1n) is 10.9. The lowest BCUT2D eigenvalue weighted by Crippen LogP contribution is -2.51. The van der Waals surface area contributed by atoms with Gasteiger partial charge in [-0.1, -0.05) is 44.2 Å². The molecule has 9 heteroatoms. The van der Waals surface area contributed by atoms with E-state index in [4.69, 9.17) is 4.74 Å². The molecule has 2 aliphatic heterocycles. The smallest absolute Gasteiger partial charge is 0.410 e. The van der Waals surface area contributed by atoms with E-state index in [1.54, 1.807) is 6.07 Å². The van der Waals surface area contributed by atoms with Crippen LogP contribution in [-0.2, 0) is 27.5 Å². The fraction of sp³-hybridized carbons (Fsp3) is 0.417. The second kappa shape index (κ2) is 8.70. The summed E-state index contributed by atoms with van der Waals surface area (Å²) < 4.78 is 31.2. The van der Waals surface area contributed by atoms with E-state index in [9.17, 15) is 28.2 Å². The van der Waals surface area contributed by atoms with E-state index in [0.717, 1.165) is 11.1 Å². The number of aromatic hydroxyl groups is 1. The van der Waals surface area contributed by atoms with Crippen molar-refractivity contribution < 1.29 is 33.0 Å². The lowest BCUT2D eigenvalue weighted by Gasteiger charge is -2.34. The number of carbonyl (C=O) groups excluding carboxylic acids is 1. The molecule has 0 aliphatic carbocycles. The van der Waals surface area contributed by atoms with Gasteiger partial charge in [0.05, 0.1) is 17.5 Å². The monoisotopic (exact) mass is 473 g/mol. The number of carboxylic acid groups (broad SMARTS) is 1. The topological polar surface area (TPSA) is 121 Å². The highest BCUT2D eigenvalue weighted by Crippen LogP contribution is 2.35. The van der Waals surface area contributed by atoms with Crippen LogP contribution in [0.2, 0.25) is 0 Å². The summed E-state index contributed by atoms with van der Waals surface area (Å²) in [6, 6.07) is 11.4. The number of sulfone groups is 1. The molecule has 0 bridgehead atoms. The van der Waals surface area contributed by atoms with Crippen molar-refractivity contribution >= 4 is 21.9 Å². The zero-order chi connectivity index (χ0) is 23.9. The molecule has 176 valence electrons. The number of amides is 1. The zero-order valence-corrected chi connectivity index (χ0v) is 19.3. The average Bonchev–Trinajstić information content (AvgIpc) is 3.04. The van der Waals surface area contributed by atoms with Crippen LogP contribution >= 0.6 is 0 Å². The lowest BCUT2D eigenvalue weighted by molar-refractivity contribution is 0.0693. The van der Waals surface area contributed by atoms with Gasteiger partial charge in [0.15, 0.2) is 9.84 Å². The highest BCUT2D eigenvalue weighted by Gasteiger charge is 2.51. The largest absolute Gasteiger partial charge is 0.507 e. The van der Waals surface area contributed by atoms with Gasteiger partial charge in [-0.05, 0) is 41.2 Å². The molecule has 2 aromatic carbocycles. The number of ether oxygens (including phenoxy) is 1. The van der Waals surface area contributed by atoms with Crippen molar-refractivity contribution in [3.05, 3.63) is 64.7 Å². The molecule has 0 unspecified atom stereocenters. The van der Waals surface area contributed by atoms with E-state index in [-0.39, 0.29) is 35.8 Å². The molecule has 0 radical (unpaired) electrons. The second-order valence-corrected chi connectivity index (χ2v) is 11.3. The molecular formula is C24H27NO7S. The summed E-state index contributed by atoms with van der Waals surface area (Å²) >= 11 is 0. The van der Waals surface area contributed by atoms with Crippen molar-refractivity contribution in [2.24, 2.45) is 5.92 Å². The molecule has 2 heterocycles. The molecule has 2 fully saturated rings. The maximum absolute atomic E-state index is 12.8. The summed E-state index contributed by atoms with van der Waals surface area (Å²) in [7, 11) is -3.45. The molecule has 0 aromatic heterocycles. The molecule has 2 aromatic rings. The lowest BCUT2D eigenvalue weighted by atomic mass is 9.90. The molecule has 2 saturated heterocycles. The van der Waals surface area contributed by atoms with Gasteiger partial charge in [0.25, 0.3) is 0 Å². The number of fused-ring (bicyclic) bond motifs is 1. The van der Waals surface area contributed by atoms with E-state index in [2.05, 4.69) is 13.8 Å². The fourth-order valence-electron chi connectivity index (χ4n) is 4.71. The van der Waals surface area contributed by atoms with Crippen LogP contribution in [0.25, 0.3) is 0 Å².